The predicted octanol–water partition coefficient (Wildman–Crippen LogP) is 0.0847. The number of piperidine rings is 1. The van der Waals surface area contributed by atoms with Crippen molar-refractivity contribution in [2.75, 3.05) is 38.2 Å². The lowest BCUT2D eigenvalue weighted by atomic mass is 9.97. The number of nitrogens with one attached hydrogen (secondary N) is 1. The van der Waals surface area contributed by atoms with Crippen LogP contribution in [0.5, 0.6) is 0 Å². The van der Waals surface area contributed by atoms with E-state index in [1.807, 2.05) is 6.26 Å². The summed E-state index contributed by atoms with van der Waals surface area (Å²) in [6.07, 6.45) is 3.67. The third-order valence-corrected chi connectivity index (χ3v) is 3.39. The van der Waals surface area contributed by atoms with Crippen LogP contribution in [0.25, 0.3) is 0 Å². The Balaban J connectivity index is 0.00000289. The molecule has 1 atom stereocenters. The molecule has 0 saturated carbocycles. The molecule has 0 aromatic carbocycles. The molecule has 0 aliphatic carbocycles. The molecule has 0 aromatic heterocycles. The van der Waals surface area contributed by atoms with Crippen LogP contribution in [0.4, 0.5) is 0 Å². The number of thioether (sulfide) groups is 1. The Hall–Kier alpha value is -0.460. The minimum atomic E-state index is -0.0684. The van der Waals surface area contributed by atoms with Crippen LogP contribution in [-0.2, 0) is 9.59 Å². The summed E-state index contributed by atoms with van der Waals surface area (Å²) in [5.74, 6) is 0.587. The average molecular weight is 296 g/mol. The maximum atomic E-state index is 11.8. The molecule has 3 N–H and O–H groups in total. The van der Waals surface area contributed by atoms with Crippen molar-refractivity contribution >= 4 is 36.0 Å². The molecule has 0 aromatic rings. The molecule has 18 heavy (non-hydrogen) atoms. The molecule has 1 unspecified atom stereocenters. The van der Waals surface area contributed by atoms with E-state index < -0.39 is 0 Å². The molecule has 0 bridgehead atoms. The molecule has 0 spiro atoms. The number of nitrogens with zero attached hydrogens (tertiary/aromatic N) is 1. The van der Waals surface area contributed by atoms with Crippen LogP contribution < -0.4 is 11.1 Å². The lowest BCUT2D eigenvalue weighted by Crippen LogP contribution is -2.46. The van der Waals surface area contributed by atoms with E-state index in [1.165, 1.54) is 11.8 Å². The molecular formula is C11H22ClN3O2S. The molecule has 2 amide bonds. The van der Waals surface area contributed by atoms with E-state index in [9.17, 15) is 9.59 Å². The number of hydrogen-bond donors (Lipinski definition) is 2. The standard InChI is InChI=1S/C11H21N3O2S.ClH/c1-17-8-10(15)14-6-2-3-9(7-14)11(16)13-5-4-12;/h9H,2-8,12H2,1H3,(H,13,16);1H. The molecular weight excluding hydrogens is 274 g/mol. The number of amides is 2. The van der Waals surface area contributed by atoms with Crippen molar-refractivity contribution in [3.8, 4) is 0 Å². The van der Waals surface area contributed by atoms with E-state index in [-0.39, 0.29) is 30.1 Å². The van der Waals surface area contributed by atoms with Crippen LogP contribution in [-0.4, -0.2) is 54.9 Å². The van der Waals surface area contributed by atoms with E-state index in [4.69, 9.17) is 5.73 Å². The van der Waals surface area contributed by atoms with Gasteiger partial charge in [0.25, 0.3) is 0 Å². The van der Waals surface area contributed by atoms with E-state index in [0.29, 0.717) is 25.4 Å². The Morgan fingerprint density at radius 3 is 2.83 bits per heavy atom. The second kappa shape index (κ2) is 9.47. The van der Waals surface area contributed by atoms with Crippen LogP contribution in [0.3, 0.4) is 0 Å². The smallest absolute Gasteiger partial charge is 0.232 e. The number of carbonyl (C=O) groups is 2. The van der Waals surface area contributed by atoms with Gasteiger partial charge in [-0.2, -0.15) is 11.8 Å². The van der Waals surface area contributed by atoms with Gasteiger partial charge in [-0.1, -0.05) is 0 Å². The number of likely N-dealkylation sites (tertiary alicyclic amines) is 1. The first-order chi connectivity index (χ1) is 8.19. The maximum Gasteiger partial charge on any atom is 0.232 e. The van der Waals surface area contributed by atoms with Crippen LogP contribution in [0.2, 0.25) is 0 Å². The highest BCUT2D eigenvalue weighted by Crippen LogP contribution is 2.17. The zero-order valence-corrected chi connectivity index (χ0v) is 12.3. The van der Waals surface area contributed by atoms with E-state index in [2.05, 4.69) is 5.32 Å². The molecule has 7 heteroatoms. The van der Waals surface area contributed by atoms with Gasteiger partial charge >= 0.3 is 0 Å². The summed E-state index contributed by atoms with van der Waals surface area (Å²) >= 11 is 1.52. The van der Waals surface area contributed by atoms with Crippen molar-refractivity contribution in [3.05, 3.63) is 0 Å². The monoisotopic (exact) mass is 295 g/mol. The summed E-state index contributed by atoms with van der Waals surface area (Å²) in [6, 6.07) is 0. The van der Waals surface area contributed by atoms with Gasteiger partial charge < -0.3 is 16.0 Å². The van der Waals surface area contributed by atoms with Crippen molar-refractivity contribution in [1.29, 1.82) is 0 Å². The third-order valence-electron chi connectivity index (χ3n) is 2.86. The number of carbonyl (C=O) groups excluding carboxylic acids is 2. The second-order valence-corrected chi connectivity index (χ2v) is 5.06. The number of nitrogens with two attached hydrogens (primary N) is 1. The highest BCUT2D eigenvalue weighted by Gasteiger charge is 2.27. The van der Waals surface area contributed by atoms with Crippen LogP contribution in [0, 0.1) is 5.92 Å². The van der Waals surface area contributed by atoms with Gasteiger partial charge in [0, 0.05) is 26.2 Å². The topological polar surface area (TPSA) is 75.4 Å². The molecule has 1 heterocycles. The van der Waals surface area contributed by atoms with Gasteiger partial charge in [0.2, 0.25) is 11.8 Å². The van der Waals surface area contributed by atoms with Gasteiger partial charge in [0.1, 0.15) is 0 Å². The van der Waals surface area contributed by atoms with Gasteiger partial charge in [-0.25, -0.2) is 0 Å². The predicted molar refractivity (Wildman–Crippen MR) is 77.0 cm³/mol. The first kappa shape index (κ1) is 17.5. The molecule has 1 aliphatic rings. The number of rotatable bonds is 5. The van der Waals surface area contributed by atoms with Gasteiger partial charge in [-0.15, -0.1) is 12.4 Å². The summed E-state index contributed by atoms with van der Waals surface area (Å²) in [5, 5.41) is 2.79. The molecule has 1 aliphatic heterocycles. The Labute approximate surface area is 119 Å². The van der Waals surface area contributed by atoms with Gasteiger partial charge in [-0.05, 0) is 19.1 Å². The Morgan fingerprint density at radius 2 is 2.22 bits per heavy atom. The minimum Gasteiger partial charge on any atom is -0.355 e. The largest absolute Gasteiger partial charge is 0.355 e. The lowest BCUT2D eigenvalue weighted by Gasteiger charge is -2.32. The molecule has 5 nitrogen and oxygen atoms in total. The fourth-order valence-electron chi connectivity index (χ4n) is 1.97. The van der Waals surface area contributed by atoms with Crippen molar-refractivity contribution in [1.82, 2.24) is 10.2 Å². The van der Waals surface area contributed by atoms with E-state index in [1.54, 1.807) is 4.90 Å². The molecule has 1 fully saturated rings. The van der Waals surface area contributed by atoms with Crippen molar-refractivity contribution < 1.29 is 9.59 Å². The van der Waals surface area contributed by atoms with Crippen molar-refractivity contribution in [2.45, 2.75) is 12.8 Å². The van der Waals surface area contributed by atoms with Crippen LogP contribution in [0.15, 0.2) is 0 Å². The molecule has 0 radical (unpaired) electrons. The van der Waals surface area contributed by atoms with Crippen LogP contribution >= 0.6 is 24.2 Å². The van der Waals surface area contributed by atoms with Crippen molar-refractivity contribution in [2.24, 2.45) is 11.7 Å². The Kier molecular flexibility index (Phi) is 9.23. The van der Waals surface area contributed by atoms with Crippen molar-refractivity contribution in [3.63, 3.8) is 0 Å². The highest BCUT2D eigenvalue weighted by molar-refractivity contribution is 7.99. The van der Waals surface area contributed by atoms with Gasteiger partial charge in [0.15, 0.2) is 0 Å². The third kappa shape index (κ3) is 5.46. The quantitative estimate of drug-likeness (QED) is 0.753. The number of hydrogen-bond acceptors (Lipinski definition) is 4. The lowest BCUT2D eigenvalue weighted by molar-refractivity contribution is -0.133. The summed E-state index contributed by atoms with van der Waals surface area (Å²) in [5.41, 5.74) is 5.34. The summed E-state index contributed by atoms with van der Waals surface area (Å²) in [7, 11) is 0. The number of halogens is 1. The first-order valence-electron chi connectivity index (χ1n) is 5.93. The summed E-state index contributed by atoms with van der Waals surface area (Å²) in [4.78, 5) is 25.3. The first-order valence-corrected chi connectivity index (χ1v) is 7.33. The zero-order valence-electron chi connectivity index (χ0n) is 10.7. The minimum absolute atomic E-state index is 0. The average Bonchev–Trinajstić information content (AvgIpc) is 2.36. The van der Waals surface area contributed by atoms with Crippen LogP contribution in [0.1, 0.15) is 12.8 Å². The Bertz CT molecular complexity index is 279. The Morgan fingerprint density at radius 1 is 1.50 bits per heavy atom. The molecule has 1 rings (SSSR count). The second-order valence-electron chi connectivity index (χ2n) is 4.19. The maximum absolute atomic E-state index is 11.8. The van der Waals surface area contributed by atoms with E-state index >= 15 is 0 Å². The highest BCUT2D eigenvalue weighted by atomic mass is 35.5. The fourth-order valence-corrected chi connectivity index (χ4v) is 2.40. The van der Waals surface area contributed by atoms with Gasteiger partial charge in [0.05, 0.1) is 11.7 Å². The summed E-state index contributed by atoms with van der Waals surface area (Å²) in [6.45, 7) is 2.29. The van der Waals surface area contributed by atoms with E-state index in [0.717, 1.165) is 19.4 Å². The zero-order chi connectivity index (χ0) is 12.7. The molecule has 106 valence electrons. The summed E-state index contributed by atoms with van der Waals surface area (Å²) < 4.78 is 0. The SMILES string of the molecule is CSCC(=O)N1CCCC(C(=O)NCCN)C1.Cl. The fraction of sp³-hybridized carbons (Fsp3) is 0.818. The normalized spacial score (nSPS) is 19.0. The molecule has 1 saturated heterocycles. The van der Waals surface area contributed by atoms with Gasteiger partial charge in [-0.3, -0.25) is 9.59 Å².